The highest BCUT2D eigenvalue weighted by atomic mass is 32.1. The smallest absolute Gasteiger partial charge is 0.226 e. The Labute approximate surface area is 146 Å². The minimum absolute atomic E-state index is 0.120. The predicted octanol–water partition coefficient (Wildman–Crippen LogP) is 4.57. The molecule has 1 atom stereocenters. The van der Waals surface area contributed by atoms with Gasteiger partial charge in [0.2, 0.25) is 5.91 Å². The highest BCUT2D eigenvalue weighted by Crippen LogP contribution is 2.28. The third kappa shape index (κ3) is 3.85. The number of thiophene rings is 1. The zero-order valence-corrected chi connectivity index (χ0v) is 14.4. The van der Waals surface area contributed by atoms with E-state index < -0.39 is 17.7 Å². The predicted molar refractivity (Wildman–Crippen MR) is 92.0 cm³/mol. The molecule has 0 aliphatic rings. The van der Waals surface area contributed by atoms with Crippen LogP contribution in [0.3, 0.4) is 0 Å². The molecular weight excluding hydrogens is 350 g/mol. The van der Waals surface area contributed by atoms with E-state index in [9.17, 15) is 13.6 Å². The van der Waals surface area contributed by atoms with Crippen molar-refractivity contribution in [2.45, 2.75) is 19.4 Å². The number of hydrogen-bond donors (Lipinski definition) is 1. The summed E-state index contributed by atoms with van der Waals surface area (Å²) in [6.07, 6.45) is 0.120. The van der Waals surface area contributed by atoms with Gasteiger partial charge in [-0.1, -0.05) is 12.1 Å². The number of nitrogens with zero attached hydrogens (tertiary/aromatic N) is 1. The van der Waals surface area contributed by atoms with Crippen LogP contribution in [0.4, 0.5) is 8.78 Å². The molecule has 0 aliphatic carbocycles. The molecule has 0 unspecified atom stereocenters. The molecule has 1 amide bonds. The van der Waals surface area contributed by atoms with Gasteiger partial charge >= 0.3 is 0 Å². The van der Waals surface area contributed by atoms with Crippen LogP contribution in [0.1, 0.15) is 24.2 Å². The standard InChI is InChI=1S/C17H14F2N2OS2/c1-10(13-5-4-11(18)7-14(13)19)20-16(22)8-12-9-24-17(21-12)15-3-2-6-23-15/h2-7,9-10H,8H2,1H3,(H,20,22)/t10-/m0/s1. The molecule has 1 aromatic carbocycles. The molecule has 0 spiro atoms. The molecule has 0 radical (unpaired) electrons. The van der Waals surface area contributed by atoms with Gasteiger partial charge in [0.05, 0.1) is 23.0 Å². The van der Waals surface area contributed by atoms with E-state index in [1.54, 1.807) is 18.3 Å². The minimum atomic E-state index is -0.670. The van der Waals surface area contributed by atoms with Crippen molar-refractivity contribution >= 4 is 28.6 Å². The van der Waals surface area contributed by atoms with Gasteiger partial charge in [-0.25, -0.2) is 13.8 Å². The highest BCUT2D eigenvalue weighted by molar-refractivity contribution is 7.20. The molecule has 2 aromatic heterocycles. The molecule has 24 heavy (non-hydrogen) atoms. The molecule has 3 nitrogen and oxygen atoms in total. The topological polar surface area (TPSA) is 42.0 Å². The fraction of sp³-hybridized carbons (Fsp3) is 0.176. The van der Waals surface area contributed by atoms with Gasteiger partial charge in [0.1, 0.15) is 16.6 Å². The van der Waals surface area contributed by atoms with Crippen LogP contribution in [-0.2, 0) is 11.2 Å². The Hall–Kier alpha value is -2.12. The largest absolute Gasteiger partial charge is 0.349 e. The van der Waals surface area contributed by atoms with Crippen molar-refractivity contribution < 1.29 is 13.6 Å². The van der Waals surface area contributed by atoms with Crippen LogP contribution in [0.5, 0.6) is 0 Å². The molecule has 1 N–H and O–H groups in total. The van der Waals surface area contributed by atoms with E-state index in [0.29, 0.717) is 5.69 Å². The maximum absolute atomic E-state index is 13.7. The summed E-state index contributed by atoms with van der Waals surface area (Å²) >= 11 is 3.08. The van der Waals surface area contributed by atoms with Gasteiger partial charge in [-0.05, 0) is 24.4 Å². The normalized spacial score (nSPS) is 12.1. The lowest BCUT2D eigenvalue weighted by Crippen LogP contribution is -2.28. The van der Waals surface area contributed by atoms with E-state index in [1.165, 1.54) is 23.5 Å². The fourth-order valence-corrected chi connectivity index (χ4v) is 3.92. The lowest BCUT2D eigenvalue weighted by molar-refractivity contribution is -0.121. The van der Waals surface area contributed by atoms with Crippen LogP contribution in [0.15, 0.2) is 41.1 Å². The van der Waals surface area contributed by atoms with Crippen LogP contribution in [0.2, 0.25) is 0 Å². The third-order valence-corrected chi connectivity index (χ3v) is 5.36. The second-order valence-corrected chi connectivity index (χ2v) is 7.06. The molecule has 0 saturated carbocycles. The third-order valence-electron chi connectivity index (χ3n) is 3.43. The monoisotopic (exact) mass is 364 g/mol. The van der Waals surface area contributed by atoms with Gasteiger partial charge < -0.3 is 5.32 Å². The SMILES string of the molecule is C[C@H](NC(=O)Cc1csc(-c2cccs2)n1)c1ccc(F)cc1F. The summed E-state index contributed by atoms with van der Waals surface area (Å²) in [6.45, 7) is 1.66. The van der Waals surface area contributed by atoms with Crippen molar-refractivity contribution in [3.05, 3.63) is 64.0 Å². The number of halogens is 2. The lowest BCUT2D eigenvalue weighted by atomic mass is 10.1. The van der Waals surface area contributed by atoms with Crippen LogP contribution < -0.4 is 5.32 Å². The van der Waals surface area contributed by atoms with E-state index >= 15 is 0 Å². The second kappa shape index (κ2) is 7.19. The van der Waals surface area contributed by atoms with Crippen molar-refractivity contribution in [1.29, 1.82) is 0 Å². The first kappa shape index (κ1) is 16.7. The molecule has 2 heterocycles. The Morgan fingerprint density at radius 3 is 2.83 bits per heavy atom. The van der Waals surface area contributed by atoms with Crippen LogP contribution in [0, 0.1) is 11.6 Å². The van der Waals surface area contributed by atoms with E-state index in [4.69, 9.17) is 0 Å². The Morgan fingerprint density at radius 2 is 2.12 bits per heavy atom. The zero-order chi connectivity index (χ0) is 17.1. The van der Waals surface area contributed by atoms with Gasteiger partial charge in [0.25, 0.3) is 0 Å². The van der Waals surface area contributed by atoms with Gasteiger partial charge in [0.15, 0.2) is 0 Å². The maximum atomic E-state index is 13.7. The molecular formula is C17H14F2N2OS2. The highest BCUT2D eigenvalue weighted by Gasteiger charge is 2.16. The first-order valence-electron chi connectivity index (χ1n) is 7.25. The molecule has 0 bridgehead atoms. The average Bonchev–Trinajstić information content (AvgIpc) is 3.17. The number of carbonyl (C=O) groups excluding carboxylic acids is 1. The first-order valence-corrected chi connectivity index (χ1v) is 9.01. The number of rotatable bonds is 5. The molecule has 124 valence electrons. The Bertz CT molecular complexity index is 846. The van der Waals surface area contributed by atoms with E-state index in [1.807, 2.05) is 22.9 Å². The summed E-state index contributed by atoms with van der Waals surface area (Å²) in [5, 5.41) is 7.41. The number of benzene rings is 1. The first-order chi connectivity index (χ1) is 11.5. The van der Waals surface area contributed by atoms with Crippen molar-refractivity contribution in [1.82, 2.24) is 10.3 Å². The molecule has 0 aliphatic heterocycles. The summed E-state index contributed by atoms with van der Waals surface area (Å²) < 4.78 is 26.7. The van der Waals surface area contributed by atoms with Crippen molar-refractivity contribution in [3.63, 3.8) is 0 Å². The van der Waals surface area contributed by atoms with Crippen LogP contribution >= 0.6 is 22.7 Å². The summed E-state index contributed by atoms with van der Waals surface area (Å²) in [7, 11) is 0. The van der Waals surface area contributed by atoms with E-state index in [-0.39, 0.29) is 17.9 Å². The van der Waals surface area contributed by atoms with Gasteiger partial charge in [-0.15, -0.1) is 22.7 Å². The maximum Gasteiger partial charge on any atom is 0.226 e. The molecule has 3 rings (SSSR count). The molecule has 3 aromatic rings. The van der Waals surface area contributed by atoms with Gasteiger partial charge in [0, 0.05) is 17.0 Å². The number of hydrogen-bond acceptors (Lipinski definition) is 4. The van der Waals surface area contributed by atoms with E-state index in [2.05, 4.69) is 10.3 Å². The summed E-state index contributed by atoms with van der Waals surface area (Å²) in [6, 6.07) is 6.71. The Morgan fingerprint density at radius 1 is 1.29 bits per heavy atom. The number of carbonyl (C=O) groups is 1. The lowest BCUT2D eigenvalue weighted by Gasteiger charge is -2.14. The quantitative estimate of drug-likeness (QED) is 0.721. The summed E-state index contributed by atoms with van der Waals surface area (Å²) in [5.41, 5.74) is 0.926. The summed E-state index contributed by atoms with van der Waals surface area (Å²) in [5.74, 6) is -1.57. The molecule has 0 fully saturated rings. The number of aromatic nitrogens is 1. The number of amides is 1. The molecule has 0 saturated heterocycles. The van der Waals surface area contributed by atoms with Gasteiger partial charge in [-0.2, -0.15) is 0 Å². The van der Waals surface area contributed by atoms with E-state index in [0.717, 1.165) is 16.0 Å². The van der Waals surface area contributed by atoms with Crippen molar-refractivity contribution in [2.75, 3.05) is 0 Å². The molecule has 7 heteroatoms. The summed E-state index contributed by atoms with van der Waals surface area (Å²) in [4.78, 5) is 17.6. The van der Waals surface area contributed by atoms with Crippen LogP contribution in [0.25, 0.3) is 9.88 Å². The van der Waals surface area contributed by atoms with Gasteiger partial charge in [-0.3, -0.25) is 4.79 Å². The Kier molecular flexibility index (Phi) is 5.01. The van der Waals surface area contributed by atoms with Crippen molar-refractivity contribution in [2.24, 2.45) is 0 Å². The number of thiazole rings is 1. The zero-order valence-electron chi connectivity index (χ0n) is 12.8. The minimum Gasteiger partial charge on any atom is -0.349 e. The fourth-order valence-electron chi connectivity index (χ4n) is 2.29. The van der Waals surface area contributed by atoms with Crippen LogP contribution in [-0.4, -0.2) is 10.9 Å². The second-order valence-electron chi connectivity index (χ2n) is 5.25. The average molecular weight is 364 g/mol. The van der Waals surface area contributed by atoms with Crippen molar-refractivity contribution in [3.8, 4) is 9.88 Å². The number of nitrogens with one attached hydrogen (secondary N) is 1. The Balaban J connectivity index is 1.63.